The Bertz CT molecular complexity index is 498. The van der Waals surface area contributed by atoms with Crippen LogP contribution in [-0.2, 0) is 0 Å². The fourth-order valence-electron chi connectivity index (χ4n) is 1.68. The van der Waals surface area contributed by atoms with Gasteiger partial charge in [-0.3, -0.25) is 9.97 Å². The third-order valence-electron chi connectivity index (χ3n) is 2.53. The van der Waals surface area contributed by atoms with E-state index in [-0.39, 0.29) is 6.04 Å². The number of nitrogen functional groups attached to an aromatic ring is 1. The van der Waals surface area contributed by atoms with Gasteiger partial charge in [0.05, 0.1) is 11.7 Å². The third kappa shape index (κ3) is 2.62. The molecule has 0 saturated heterocycles. The van der Waals surface area contributed by atoms with E-state index in [1.54, 1.807) is 24.7 Å². The number of nitrogens with two attached hydrogens (primary N) is 1. The van der Waals surface area contributed by atoms with Crippen molar-refractivity contribution in [2.24, 2.45) is 0 Å². The highest BCUT2D eigenvalue weighted by Gasteiger charge is 2.15. The van der Waals surface area contributed by atoms with Crippen molar-refractivity contribution in [3.05, 3.63) is 52.5 Å². The number of aromatic nitrogens is 2. The van der Waals surface area contributed by atoms with Gasteiger partial charge in [0.1, 0.15) is 0 Å². The zero-order valence-corrected chi connectivity index (χ0v) is 11.0. The van der Waals surface area contributed by atoms with E-state index in [9.17, 15) is 0 Å². The molecule has 0 amide bonds. The molecular weight excluding hydrogens is 280 g/mol. The molecular formula is C12H13BrN4. The lowest BCUT2D eigenvalue weighted by molar-refractivity contribution is 0.670. The Morgan fingerprint density at radius 3 is 2.71 bits per heavy atom. The zero-order chi connectivity index (χ0) is 12.3. The lowest BCUT2D eigenvalue weighted by Gasteiger charge is -2.17. The summed E-state index contributed by atoms with van der Waals surface area (Å²) in [6, 6.07) is 5.66. The number of hydrogen-bond acceptors (Lipinski definition) is 4. The summed E-state index contributed by atoms with van der Waals surface area (Å²) in [7, 11) is 1.88. The van der Waals surface area contributed by atoms with Crippen LogP contribution < -0.4 is 11.1 Å². The summed E-state index contributed by atoms with van der Waals surface area (Å²) in [5, 5.41) is 3.20. The molecule has 5 heteroatoms. The van der Waals surface area contributed by atoms with E-state index in [2.05, 4.69) is 31.2 Å². The molecule has 0 aromatic carbocycles. The molecule has 0 aliphatic carbocycles. The molecule has 88 valence electrons. The molecule has 2 aromatic heterocycles. The molecule has 0 radical (unpaired) electrons. The van der Waals surface area contributed by atoms with E-state index in [0.29, 0.717) is 5.69 Å². The van der Waals surface area contributed by atoms with Crippen LogP contribution in [0.3, 0.4) is 0 Å². The number of nitrogens with one attached hydrogen (secondary N) is 1. The summed E-state index contributed by atoms with van der Waals surface area (Å²) >= 11 is 3.37. The fraction of sp³-hybridized carbons (Fsp3) is 0.167. The van der Waals surface area contributed by atoms with Crippen LogP contribution in [0.2, 0.25) is 0 Å². The lowest BCUT2D eigenvalue weighted by Crippen LogP contribution is -2.20. The minimum atomic E-state index is -0.0446. The minimum Gasteiger partial charge on any atom is -0.398 e. The summed E-state index contributed by atoms with van der Waals surface area (Å²) in [5.41, 5.74) is 8.51. The van der Waals surface area contributed by atoms with Crippen LogP contribution in [0.4, 0.5) is 5.69 Å². The van der Waals surface area contributed by atoms with Gasteiger partial charge in [-0.15, -0.1) is 0 Å². The van der Waals surface area contributed by atoms with E-state index in [4.69, 9.17) is 5.73 Å². The standard InChI is InChI=1S/C12H13BrN4/c1-15-12(9-7-16-5-4-10(9)14)11-3-2-8(13)6-17-11/h2-7,12,15H,1H3,(H2,14,16). The first kappa shape index (κ1) is 12.0. The normalized spacial score (nSPS) is 12.4. The first-order chi connectivity index (χ1) is 8.22. The highest BCUT2D eigenvalue weighted by atomic mass is 79.9. The topological polar surface area (TPSA) is 63.8 Å². The predicted molar refractivity (Wildman–Crippen MR) is 71.5 cm³/mol. The van der Waals surface area contributed by atoms with Crippen LogP contribution in [0.1, 0.15) is 17.3 Å². The quantitative estimate of drug-likeness (QED) is 0.910. The smallest absolute Gasteiger partial charge is 0.0784 e. The Labute approximate surface area is 108 Å². The number of pyridine rings is 2. The molecule has 2 aromatic rings. The van der Waals surface area contributed by atoms with Gasteiger partial charge in [0, 0.05) is 34.3 Å². The number of rotatable bonds is 3. The highest BCUT2D eigenvalue weighted by molar-refractivity contribution is 9.10. The van der Waals surface area contributed by atoms with Gasteiger partial charge in [0.25, 0.3) is 0 Å². The van der Waals surface area contributed by atoms with Crippen LogP contribution in [-0.4, -0.2) is 17.0 Å². The molecule has 17 heavy (non-hydrogen) atoms. The summed E-state index contributed by atoms with van der Waals surface area (Å²) in [5.74, 6) is 0. The maximum absolute atomic E-state index is 5.95. The number of halogens is 1. The molecule has 1 atom stereocenters. The van der Waals surface area contributed by atoms with Gasteiger partial charge in [0.15, 0.2) is 0 Å². The second kappa shape index (κ2) is 5.25. The molecule has 0 bridgehead atoms. The largest absolute Gasteiger partial charge is 0.398 e. The third-order valence-corrected chi connectivity index (χ3v) is 3.00. The Morgan fingerprint density at radius 1 is 1.29 bits per heavy atom. The number of hydrogen-bond donors (Lipinski definition) is 2. The first-order valence-corrected chi connectivity index (χ1v) is 5.99. The van der Waals surface area contributed by atoms with Crippen molar-refractivity contribution in [2.75, 3.05) is 12.8 Å². The molecule has 2 heterocycles. The van der Waals surface area contributed by atoms with Crippen molar-refractivity contribution >= 4 is 21.6 Å². The average molecular weight is 293 g/mol. The lowest BCUT2D eigenvalue weighted by atomic mass is 10.0. The van der Waals surface area contributed by atoms with Gasteiger partial charge in [-0.25, -0.2) is 0 Å². The molecule has 0 aliphatic rings. The van der Waals surface area contributed by atoms with Crippen molar-refractivity contribution in [1.29, 1.82) is 0 Å². The van der Waals surface area contributed by atoms with Crippen LogP contribution in [0.5, 0.6) is 0 Å². The van der Waals surface area contributed by atoms with Gasteiger partial charge in [-0.1, -0.05) is 0 Å². The van der Waals surface area contributed by atoms with Gasteiger partial charge in [-0.05, 0) is 41.2 Å². The van der Waals surface area contributed by atoms with E-state index in [1.165, 1.54) is 0 Å². The summed E-state index contributed by atoms with van der Waals surface area (Å²) < 4.78 is 0.954. The summed E-state index contributed by atoms with van der Waals surface area (Å²) in [4.78, 5) is 8.47. The second-order valence-corrected chi connectivity index (χ2v) is 4.54. The highest BCUT2D eigenvalue weighted by Crippen LogP contribution is 2.24. The van der Waals surface area contributed by atoms with Crippen molar-refractivity contribution in [3.63, 3.8) is 0 Å². The molecule has 1 unspecified atom stereocenters. The van der Waals surface area contributed by atoms with Gasteiger partial charge >= 0.3 is 0 Å². The van der Waals surface area contributed by atoms with E-state index in [1.807, 2.05) is 19.2 Å². The summed E-state index contributed by atoms with van der Waals surface area (Å²) in [6.07, 6.45) is 5.22. The first-order valence-electron chi connectivity index (χ1n) is 5.20. The molecule has 3 N–H and O–H groups in total. The van der Waals surface area contributed by atoms with Crippen LogP contribution in [0.15, 0.2) is 41.3 Å². The Kier molecular flexibility index (Phi) is 3.71. The van der Waals surface area contributed by atoms with Crippen molar-refractivity contribution in [1.82, 2.24) is 15.3 Å². The Hall–Kier alpha value is -1.46. The van der Waals surface area contributed by atoms with E-state index in [0.717, 1.165) is 15.7 Å². The minimum absolute atomic E-state index is 0.0446. The second-order valence-electron chi connectivity index (χ2n) is 3.63. The molecule has 2 rings (SSSR count). The molecule has 0 saturated carbocycles. The van der Waals surface area contributed by atoms with Gasteiger partial charge in [0.2, 0.25) is 0 Å². The van der Waals surface area contributed by atoms with Crippen LogP contribution in [0, 0.1) is 0 Å². The van der Waals surface area contributed by atoms with Crippen molar-refractivity contribution < 1.29 is 0 Å². The van der Waals surface area contributed by atoms with Crippen LogP contribution in [0.25, 0.3) is 0 Å². The van der Waals surface area contributed by atoms with Gasteiger partial charge in [-0.2, -0.15) is 0 Å². The maximum Gasteiger partial charge on any atom is 0.0784 e. The van der Waals surface area contributed by atoms with Crippen molar-refractivity contribution in [3.8, 4) is 0 Å². The number of nitrogens with zero attached hydrogens (tertiary/aromatic N) is 2. The van der Waals surface area contributed by atoms with Gasteiger partial charge < -0.3 is 11.1 Å². The maximum atomic E-state index is 5.95. The summed E-state index contributed by atoms with van der Waals surface area (Å²) in [6.45, 7) is 0. The van der Waals surface area contributed by atoms with E-state index < -0.39 is 0 Å². The predicted octanol–water partition coefficient (Wildman–Crippen LogP) is 2.13. The SMILES string of the molecule is CNC(c1ccc(Br)cn1)c1cnccc1N. The van der Waals surface area contributed by atoms with Crippen LogP contribution >= 0.6 is 15.9 Å². The fourth-order valence-corrected chi connectivity index (χ4v) is 1.91. The Morgan fingerprint density at radius 2 is 2.12 bits per heavy atom. The Balaban J connectivity index is 2.40. The average Bonchev–Trinajstić information content (AvgIpc) is 2.35. The molecule has 0 aliphatic heterocycles. The number of anilines is 1. The molecule has 0 fully saturated rings. The monoisotopic (exact) mass is 292 g/mol. The molecule has 4 nitrogen and oxygen atoms in total. The van der Waals surface area contributed by atoms with Crippen molar-refractivity contribution in [2.45, 2.75) is 6.04 Å². The zero-order valence-electron chi connectivity index (χ0n) is 9.39. The molecule has 0 spiro atoms. The van der Waals surface area contributed by atoms with E-state index >= 15 is 0 Å².